The van der Waals surface area contributed by atoms with Crippen LogP contribution in [0.3, 0.4) is 0 Å². The average molecular weight is 244 g/mol. The third-order valence-electron chi connectivity index (χ3n) is 4.65. The van der Waals surface area contributed by atoms with Crippen LogP contribution in [-0.2, 0) is 0 Å². The van der Waals surface area contributed by atoms with E-state index < -0.39 is 0 Å². The molecule has 18 heavy (non-hydrogen) atoms. The minimum atomic E-state index is 0.347. The van der Waals surface area contributed by atoms with Crippen LogP contribution in [0.5, 0.6) is 0 Å². The number of nitrogens with zero attached hydrogens (tertiary/aromatic N) is 1. The highest BCUT2D eigenvalue weighted by atomic mass is 15.2. The summed E-state index contributed by atoms with van der Waals surface area (Å²) in [5.41, 5.74) is 7.73. The number of likely N-dealkylation sites (tertiary alicyclic amines) is 1. The second-order valence-electron chi connectivity index (χ2n) is 6.29. The van der Waals surface area contributed by atoms with Gasteiger partial charge in [0.2, 0.25) is 0 Å². The zero-order valence-corrected chi connectivity index (χ0v) is 11.3. The van der Waals surface area contributed by atoms with Crippen molar-refractivity contribution < 1.29 is 0 Å². The van der Waals surface area contributed by atoms with E-state index in [1.54, 1.807) is 0 Å². The molecule has 2 fully saturated rings. The maximum absolute atomic E-state index is 6.26. The first-order chi connectivity index (χ1) is 8.72. The van der Waals surface area contributed by atoms with E-state index in [1.165, 1.54) is 24.9 Å². The minimum Gasteiger partial charge on any atom is -0.327 e. The molecule has 98 valence electrons. The Kier molecular flexibility index (Phi) is 3.40. The summed E-state index contributed by atoms with van der Waals surface area (Å²) in [5.74, 6) is 1.55. The van der Waals surface area contributed by atoms with Gasteiger partial charge >= 0.3 is 0 Å². The molecule has 1 heterocycles. The van der Waals surface area contributed by atoms with Crippen LogP contribution in [0.1, 0.15) is 37.7 Å². The summed E-state index contributed by atoms with van der Waals surface area (Å²) in [5, 5.41) is 0. The van der Waals surface area contributed by atoms with Gasteiger partial charge in [0.05, 0.1) is 0 Å². The molecule has 2 unspecified atom stereocenters. The molecule has 2 aliphatic rings. The monoisotopic (exact) mass is 244 g/mol. The zero-order chi connectivity index (χ0) is 12.5. The topological polar surface area (TPSA) is 29.3 Å². The second kappa shape index (κ2) is 5.02. The number of piperidine rings is 1. The summed E-state index contributed by atoms with van der Waals surface area (Å²) in [6, 6.07) is 12.0. The molecule has 0 amide bonds. The maximum Gasteiger partial charge on any atom is 0.0174 e. The van der Waals surface area contributed by atoms with Crippen molar-refractivity contribution >= 4 is 0 Å². The fraction of sp³-hybridized carbons (Fsp3) is 0.625. The van der Waals surface area contributed by atoms with E-state index in [9.17, 15) is 0 Å². The largest absolute Gasteiger partial charge is 0.327 e. The lowest BCUT2D eigenvalue weighted by atomic mass is 9.78. The van der Waals surface area contributed by atoms with Crippen molar-refractivity contribution in [3.63, 3.8) is 0 Å². The Balaban J connectivity index is 1.69. The molecule has 2 N–H and O–H groups in total. The minimum absolute atomic E-state index is 0.347. The molecule has 1 saturated carbocycles. The lowest BCUT2D eigenvalue weighted by Crippen LogP contribution is -2.53. The third-order valence-corrected chi connectivity index (χ3v) is 4.65. The van der Waals surface area contributed by atoms with Gasteiger partial charge in [0.15, 0.2) is 0 Å². The first kappa shape index (κ1) is 12.2. The lowest BCUT2D eigenvalue weighted by Gasteiger charge is -2.47. The van der Waals surface area contributed by atoms with E-state index in [2.05, 4.69) is 42.2 Å². The van der Waals surface area contributed by atoms with Gasteiger partial charge < -0.3 is 5.73 Å². The molecule has 1 aliphatic heterocycles. The van der Waals surface area contributed by atoms with Gasteiger partial charge in [-0.1, -0.05) is 37.3 Å². The molecular formula is C16H24N2. The maximum atomic E-state index is 6.26. The van der Waals surface area contributed by atoms with E-state index in [1.807, 2.05) is 0 Å². The van der Waals surface area contributed by atoms with Crippen LogP contribution in [-0.4, -0.2) is 30.1 Å². The van der Waals surface area contributed by atoms with Crippen molar-refractivity contribution in [1.29, 1.82) is 0 Å². The van der Waals surface area contributed by atoms with Crippen molar-refractivity contribution in [3.8, 4) is 0 Å². The summed E-state index contributed by atoms with van der Waals surface area (Å²) < 4.78 is 0. The Labute approximate surface area is 110 Å². The van der Waals surface area contributed by atoms with Crippen molar-refractivity contribution in [3.05, 3.63) is 35.9 Å². The predicted molar refractivity (Wildman–Crippen MR) is 75.5 cm³/mol. The van der Waals surface area contributed by atoms with Gasteiger partial charge in [0.1, 0.15) is 0 Å². The zero-order valence-electron chi connectivity index (χ0n) is 11.3. The number of benzene rings is 1. The predicted octanol–water partition coefficient (Wildman–Crippen LogP) is 2.60. The Hall–Kier alpha value is -0.860. The van der Waals surface area contributed by atoms with Crippen LogP contribution in [0.2, 0.25) is 0 Å². The fourth-order valence-electron chi connectivity index (χ4n) is 3.60. The molecule has 1 aliphatic carbocycles. The second-order valence-corrected chi connectivity index (χ2v) is 6.29. The van der Waals surface area contributed by atoms with Gasteiger partial charge in [-0.2, -0.15) is 0 Å². The van der Waals surface area contributed by atoms with Gasteiger partial charge in [-0.05, 0) is 36.7 Å². The molecule has 2 nitrogen and oxygen atoms in total. The van der Waals surface area contributed by atoms with E-state index >= 15 is 0 Å². The normalized spacial score (nSPS) is 37.2. The van der Waals surface area contributed by atoms with Gasteiger partial charge in [-0.15, -0.1) is 0 Å². The van der Waals surface area contributed by atoms with E-state index in [0.717, 1.165) is 24.9 Å². The van der Waals surface area contributed by atoms with Gasteiger partial charge in [-0.3, -0.25) is 4.90 Å². The van der Waals surface area contributed by atoms with Crippen molar-refractivity contribution in [1.82, 2.24) is 4.90 Å². The Morgan fingerprint density at radius 2 is 1.78 bits per heavy atom. The molecule has 2 atom stereocenters. The summed E-state index contributed by atoms with van der Waals surface area (Å²) in [6.07, 6.45) is 3.88. The summed E-state index contributed by atoms with van der Waals surface area (Å²) in [4.78, 5) is 2.64. The molecule has 2 heteroatoms. The Morgan fingerprint density at radius 3 is 2.44 bits per heavy atom. The molecule has 1 aromatic rings. The van der Waals surface area contributed by atoms with Gasteiger partial charge in [0, 0.05) is 25.2 Å². The highest BCUT2D eigenvalue weighted by Gasteiger charge is 2.35. The third kappa shape index (κ3) is 2.45. The molecule has 1 saturated heterocycles. The Bertz CT molecular complexity index is 383. The van der Waals surface area contributed by atoms with Crippen LogP contribution in [0, 0.1) is 5.92 Å². The summed E-state index contributed by atoms with van der Waals surface area (Å²) in [7, 11) is 0. The number of nitrogens with two attached hydrogens (primary N) is 1. The van der Waals surface area contributed by atoms with Crippen LogP contribution in [0.4, 0.5) is 0 Å². The first-order valence-corrected chi connectivity index (χ1v) is 7.27. The molecule has 0 radical (unpaired) electrons. The standard InChI is InChI=1S/C16H24N2/c1-12-7-16(8-12)18-10-14(9-15(17)11-18)13-5-3-2-4-6-13/h2-6,12,14-16H,7-11,17H2,1H3. The molecular weight excluding hydrogens is 220 g/mol. The van der Waals surface area contributed by atoms with Crippen LogP contribution in [0.15, 0.2) is 30.3 Å². The summed E-state index contributed by atoms with van der Waals surface area (Å²) in [6.45, 7) is 4.66. The highest BCUT2D eigenvalue weighted by molar-refractivity contribution is 5.21. The van der Waals surface area contributed by atoms with Crippen LogP contribution < -0.4 is 5.73 Å². The number of rotatable bonds is 2. The van der Waals surface area contributed by atoms with Crippen molar-refractivity contribution in [2.24, 2.45) is 11.7 Å². The van der Waals surface area contributed by atoms with Crippen molar-refractivity contribution in [2.75, 3.05) is 13.1 Å². The SMILES string of the molecule is CC1CC(N2CC(N)CC(c3ccccc3)C2)C1. The van der Waals surface area contributed by atoms with Gasteiger partial charge in [-0.25, -0.2) is 0 Å². The quantitative estimate of drug-likeness (QED) is 0.866. The van der Waals surface area contributed by atoms with Crippen LogP contribution in [0.25, 0.3) is 0 Å². The Morgan fingerprint density at radius 1 is 1.06 bits per heavy atom. The average Bonchev–Trinajstić information content (AvgIpc) is 2.35. The smallest absolute Gasteiger partial charge is 0.0174 e. The lowest BCUT2D eigenvalue weighted by molar-refractivity contribution is 0.0542. The molecule has 1 aromatic carbocycles. The van der Waals surface area contributed by atoms with E-state index in [-0.39, 0.29) is 0 Å². The first-order valence-electron chi connectivity index (χ1n) is 7.27. The van der Waals surface area contributed by atoms with Crippen LogP contribution >= 0.6 is 0 Å². The van der Waals surface area contributed by atoms with Crippen molar-refractivity contribution in [2.45, 2.75) is 44.2 Å². The fourth-order valence-corrected chi connectivity index (χ4v) is 3.60. The van der Waals surface area contributed by atoms with E-state index in [0.29, 0.717) is 12.0 Å². The number of hydrogen-bond donors (Lipinski definition) is 1. The molecule has 0 spiro atoms. The van der Waals surface area contributed by atoms with E-state index in [4.69, 9.17) is 5.73 Å². The highest BCUT2D eigenvalue weighted by Crippen LogP contribution is 2.35. The number of hydrogen-bond acceptors (Lipinski definition) is 2. The van der Waals surface area contributed by atoms with Gasteiger partial charge in [0.25, 0.3) is 0 Å². The molecule has 3 rings (SSSR count). The molecule has 0 aromatic heterocycles. The molecule has 0 bridgehead atoms. The summed E-state index contributed by atoms with van der Waals surface area (Å²) >= 11 is 0.